The SMILES string of the molecule is O=C(CC1CSCCN1)Nc1cccc2ccncc12. The minimum atomic E-state index is 0.0568. The molecule has 1 atom stereocenters. The second kappa shape index (κ2) is 6.24. The van der Waals surface area contributed by atoms with Crippen molar-refractivity contribution >= 4 is 34.1 Å². The molecule has 0 spiro atoms. The number of thioether (sulfide) groups is 1. The fourth-order valence-electron chi connectivity index (χ4n) is 2.40. The van der Waals surface area contributed by atoms with Crippen LogP contribution in [-0.4, -0.2) is 35.0 Å². The van der Waals surface area contributed by atoms with E-state index in [1.165, 1.54) is 0 Å². The van der Waals surface area contributed by atoms with E-state index >= 15 is 0 Å². The molecule has 4 nitrogen and oxygen atoms in total. The molecule has 20 heavy (non-hydrogen) atoms. The summed E-state index contributed by atoms with van der Waals surface area (Å²) in [6.45, 7) is 0.987. The minimum absolute atomic E-state index is 0.0568. The molecule has 1 aliphatic rings. The van der Waals surface area contributed by atoms with Gasteiger partial charge in [-0.25, -0.2) is 0 Å². The maximum absolute atomic E-state index is 12.1. The van der Waals surface area contributed by atoms with Crippen LogP contribution in [0, 0.1) is 0 Å². The molecule has 1 amide bonds. The molecule has 0 bridgehead atoms. The van der Waals surface area contributed by atoms with Crippen LogP contribution >= 0.6 is 11.8 Å². The summed E-state index contributed by atoms with van der Waals surface area (Å²) < 4.78 is 0. The number of benzene rings is 1. The summed E-state index contributed by atoms with van der Waals surface area (Å²) in [5.41, 5.74) is 0.837. The second-order valence-corrected chi connectivity index (χ2v) is 6.03. The second-order valence-electron chi connectivity index (χ2n) is 4.88. The Labute approximate surface area is 122 Å². The highest BCUT2D eigenvalue weighted by atomic mass is 32.2. The van der Waals surface area contributed by atoms with Crippen molar-refractivity contribution in [2.75, 3.05) is 23.4 Å². The molecule has 1 unspecified atom stereocenters. The number of fused-ring (bicyclic) bond motifs is 1. The lowest BCUT2D eigenvalue weighted by Crippen LogP contribution is -2.39. The molecule has 3 rings (SSSR count). The van der Waals surface area contributed by atoms with Crippen molar-refractivity contribution < 1.29 is 4.79 Å². The number of carbonyl (C=O) groups excluding carboxylic acids is 1. The molecule has 1 saturated heterocycles. The van der Waals surface area contributed by atoms with Gasteiger partial charge in [0.1, 0.15) is 0 Å². The van der Waals surface area contributed by atoms with Gasteiger partial charge in [0, 0.05) is 48.3 Å². The van der Waals surface area contributed by atoms with Crippen LogP contribution in [0.3, 0.4) is 0 Å². The van der Waals surface area contributed by atoms with Crippen molar-refractivity contribution in [3.8, 4) is 0 Å². The van der Waals surface area contributed by atoms with Gasteiger partial charge in [-0.15, -0.1) is 0 Å². The Kier molecular flexibility index (Phi) is 4.18. The predicted molar refractivity (Wildman–Crippen MR) is 84.1 cm³/mol. The monoisotopic (exact) mass is 287 g/mol. The highest BCUT2D eigenvalue weighted by Crippen LogP contribution is 2.22. The van der Waals surface area contributed by atoms with Crippen LogP contribution in [0.4, 0.5) is 5.69 Å². The third kappa shape index (κ3) is 3.11. The van der Waals surface area contributed by atoms with Gasteiger partial charge in [0.2, 0.25) is 5.91 Å². The van der Waals surface area contributed by atoms with Crippen molar-refractivity contribution in [2.45, 2.75) is 12.5 Å². The van der Waals surface area contributed by atoms with Gasteiger partial charge in [0.25, 0.3) is 0 Å². The van der Waals surface area contributed by atoms with Crippen molar-refractivity contribution in [2.24, 2.45) is 0 Å². The smallest absolute Gasteiger partial charge is 0.225 e. The van der Waals surface area contributed by atoms with E-state index in [0.717, 1.165) is 34.5 Å². The zero-order valence-corrected chi connectivity index (χ0v) is 12.0. The maximum Gasteiger partial charge on any atom is 0.225 e. The quantitative estimate of drug-likeness (QED) is 0.909. The molecule has 2 N–H and O–H groups in total. The fourth-order valence-corrected chi connectivity index (χ4v) is 3.35. The number of rotatable bonds is 3. The van der Waals surface area contributed by atoms with Gasteiger partial charge < -0.3 is 10.6 Å². The Morgan fingerprint density at radius 3 is 3.25 bits per heavy atom. The molecule has 0 radical (unpaired) electrons. The number of anilines is 1. The number of aromatic nitrogens is 1. The van der Waals surface area contributed by atoms with Gasteiger partial charge in [-0.05, 0) is 17.5 Å². The van der Waals surface area contributed by atoms with E-state index in [4.69, 9.17) is 0 Å². The van der Waals surface area contributed by atoms with E-state index in [0.29, 0.717) is 6.42 Å². The van der Waals surface area contributed by atoms with Crippen LogP contribution in [0.2, 0.25) is 0 Å². The average molecular weight is 287 g/mol. The molecular formula is C15H17N3OS. The third-order valence-electron chi connectivity index (χ3n) is 3.39. The summed E-state index contributed by atoms with van der Waals surface area (Å²) in [7, 11) is 0. The molecule has 1 aromatic carbocycles. The first-order chi connectivity index (χ1) is 9.83. The Balaban J connectivity index is 1.71. The lowest BCUT2D eigenvalue weighted by molar-refractivity contribution is -0.116. The molecule has 104 valence electrons. The van der Waals surface area contributed by atoms with Crippen LogP contribution in [-0.2, 0) is 4.79 Å². The maximum atomic E-state index is 12.1. The molecule has 1 aromatic heterocycles. The van der Waals surface area contributed by atoms with Gasteiger partial charge >= 0.3 is 0 Å². The van der Waals surface area contributed by atoms with E-state index in [2.05, 4.69) is 15.6 Å². The van der Waals surface area contributed by atoms with Gasteiger partial charge in [-0.1, -0.05) is 12.1 Å². The van der Waals surface area contributed by atoms with Crippen LogP contribution in [0.1, 0.15) is 6.42 Å². The number of pyridine rings is 1. The largest absolute Gasteiger partial charge is 0.325 e. The van der Waals surface area contributed by atoms with E-state index in [1.54, 1.807) is 12.4 Å². The van der Waals surface area contributed by atoms with E-state index in [9.17, 15) is 4.79 Å². The Morgan fingerprint density at radius 1 is 1.45 bits per heavy atom. The predicted octanol–water partition coefficient (Wildman–Crippen LogP) is 2.27. The number of hydrogen-bond acceptors (Lipinski definition) is 4. The van der Waals surface area contributed by atoms with Crippen molar-refractivity contribution in [1.29, 1.82) is 0 Å². The van der Waals surface area contributed by atoms with E-state index < -0.39 is 0 Å². The number of amides is 1. The number of carbonyl (C=O) groups is 1. The molecule has 2 aromatic rings. The number of nitrogens with one attached hydrogen (secondary N) is 2. The summed E-state index contributed by atoms with van der Waals surface area (Å²) in [6, 6.07) is 8.12. The molecular weight excluding hydrogens is 270 g/mol. The van der Waals surface area contributed by atoms with Gasteiger partial charge in [0.15, 0.2) is 0 Å². The topological polar surface area (TPSA) is 54.0 Å². The van der Waals surface area contributed by atoms with Crippen molar-refractivity contribution in [3.63, 3.8) is 0 Å². The molecule has 0 saturated carbocycles. The average Bonchev–Trinajstić information content (AvgIpc) is 2.48. The Bertz CT molecular complexity index is 606. The van der Waals surface area contributed by atoms with E-state index in [-0.39, 0.29) is 11.9 Å². The molecule has 5 heteroatoms. The highest BCUT2D eigenvalue weighted by molar-refractivity contribution is 7.99. The zero-order valence-electron chi connectivity index (χ0n) is 11.1. The minimum Gasteiger partial charge on any atom is -0.325 e. The molecule has 0 aliphatic carbocycles. The van der Waals surface area contributed by atoms with Crippen LogP contribution in [0.25, 0.3) is 10.8 Å². The van der Waals surface area contributed by atoms with Gasteiger partial charge in [-0.2, -0.15) is 11.8 Å². The lowest BCUT2D eigenvalue weighted by atomic mass is 10.1. The number of nitrogens with zero attached hydrogens (tertiary/aromatic N) is 1. The third-order valence-corrected chi connectivity index (χ3v) is 4.52. The summed E-state index contributed by atoms with van der Waals surface area (Å²) in [6.07, 6.45) is 4.07. The van der Waals surface area contributed by atoms with Crippen LogP contribution < -0.4 is 10.6 Å². The summed E-state index contributed by atoms with van der Waals surface area (Å²) in [4.78, 5) is 16.3. The van der Waals surface area contributed by atoms with Gasteiger partial charge in [0.05, 0.1) is 5.69 Å². The normalized spacial score (nSPS) is 18.9. The van der Waals surface area contributed by atoms with Crippen LogP contribution in [0.5, 0.6) is 0 Å². The first-order valence-electron chi connectivity index (χ1n) is 6.76. The molecule has 2 heterocycles. The van der Waals surface area contributed by atoms with Crippen molar-refractivity contribution in [3.05, 3.63) is 36.7 Å². The van der Waals surface area contributed by atoms with Gasteiger partial charge in [-0.3, -0.25) is 9.78 Å². The summed E-state index contributed by atoms with van der Waals surface area (Å²) in [5, 5.41) is 8.45. The Morgan fingerprint density at radius 2 is 2.40 bits per heavy atom. The van der Waals surface area contributed by atoms with E-state index in [1.807, 2.05) is 36.0 Å². The lowest BCUT2D eigenvalue weighted by Gasteiger charge is -2.22. The zero-order chi connectivity index (χ0) is 13.8. The number of hydrogen-bond donors (Lipinski definition) is 2. The Hall–Kier alpha value is -1.59. The first kappa shape index (κ1) is 13.4. The highest BCUT2D eigenvalue weighted by Gasteiger charge is 2.17. The van der Waals surface area contributed by atoms with Crippen molar-refractivity contribution in [1.82, 2.24) is 10.3 Å². The van der Waals surface area contributed by atoms with Crippen LogP contribution in [0.15, 0.2) is 36.7 Å². The fraction of sp³-hybridized carbons (Fsp3) is 0.333. The summed E-state index contributed by atoms with van der Waals surface area (Å²) >= 11 is 1.90. The first-order valence-corrected chi connectivity index (χ1v) is 7.92. The molecule has 1 fully saturated rings. The molecule has 1 aliphatic heterocycles. The summed E-state index contributed by atoms with van der Waals surface area (Å²) in [5.74, 6) is 2.19. The standard InChI is InChI=1S/C15H17N3OS/c19-15(8-12-10-20-7-6-17-12)18-14-3-1-2-11-4-5-16-9-13(11)14/h1-5,9,12,17H,6-8,10H2,(H,18,19).